The molecule has 0 fully saturated rings. The smallest absolute Gasteiger partial charge is 0.328 e. The summed E-state index contributed by atoms with van der Waals surface area (Å²) >= 11 is 0. The quantitative estimate of drug-likeness (QED) is 0.607. The van der Waals surface area contributed by atoms with E-state index in [9.17, 15) is 9.18 Å². The van der Waals surface area contributed by atoms with Crippen LogP contribution in [0.15, 0.2) is 24.3 Å². The van der Waals surface area contributed by atoms with E-state index in [0.29, 0.717) is 30.3 Å². The first kappa shape index (κ1) is 15.4. The minimum absolute atomic E-state index is 0.332. The third kappa shape index (κ3) is 6.72. The Labute approximate surface area is 112 Å². The van der Waals surface area contributed by atoms with Crippen LogP contribution >= 0.6 is 0 Å². The number of carboxylic acids is 1. The van der Waals surface area contributed by atoms with Gasteiger partial charge in [-0.3, -0.25) is 0 Å². The molecule has 1 rings (SSSR count). The van der Waals surface area contributed by atoms with Gasteiger partial charge in [-0.2, -0.15) is 0 Å². The molecule has 4 heteroatoms. The van der Waals surface area contributed by atoms with Crippen molar-refractivity contribution >= 4 is 12.0 Å². The second kappa shape index (κ2) is 7.69. The van der Waals surface area contributed by atoms with Crippen molar-refractivity contribution in [1.29, 1.82) is 0 Å². The lowest BCUT2D eigenvalue weighted by atomic mass is 10.1. The molecule has 0 aliphatic carbocycles. The molecule has 3 nitrogen and oxygen atoms in total. The van der Waals surface area contributed by atoms with Gasteiger partial charge in [0.2, 0.25) is 0 Å². The molecular formula is C15H19FO3. The summed E-state index contributed by atoms with van der Waals surface area (Å²) in [6.07, 6.45) is 3.31. The van der Waals surface area contributed by atoms with Gasteiger partial charge >= 0.3 is 5.97 Å². The summed E-state index contributed by atoms with van der Waals surface area (Å²) in [5.41, 5.74) is 1.22. The Morgan fingerprint density at radius 2 is 2.16 bits per heavy atom. The molecule has 0 radical (unpaired) electrons. The van der Waals surface area contributed by atoms with Gasteiger partial charge in [-0.25, -0.2) is 9.18 Å². The van der Waals surface area contributed by atoms with Crippen LogP contribution in [-0.4, -0.2) is 17.7 Å². The van der Waals surface area contributed by atoms with Crippen molar-refractivity contribution in [3.05, 3.63) is 41.2 Å². The van der Waals surface area contributed by atoms with Crippen LogP contribution in [0.2, 0.25) is 0 Å². The highest BCUT2D eigenvalue weighted by molar-refractivity contribution is 5.85. The van der Waals surface area contributed by atoms with E-state index < -0.39 is 11.8 Å². The number of halogens is 1. The molecule has 0 aliphatic heterocycles. The van der Waals surface area contributed by atoms with Gasteiger partial charge in [-0.1, -0.05) is 13.8 Å². The minimum atomic E-state index is -1.06. The molecule has 104 valence electrons. The Hall–Kier alpha value is -1.68. The van der Waals surface area contributed by atoms with Crippen LogP contribution in [0, 0.1) is 11.7 Å². The largest absolute Gasteiger partial charge is 0.478 e. The summed E-state index contributed by atoms with van der Waals surface area (Å²) in [6.45, 7) is 5.19. The van der Waals surface area contributed by atoms with Gasteiger partial charge in [-0.15, -0.1) is 0 Å². The molecule has 0 bridgehead atoms. The maximum Gasteiger partial charge on any atom is 0.328 e. The number of benzene rings is 1. The minimum Gasteiger partial charge on any atom is -0.478 e. The number of rotatable bonds is 7. The monoisotopic (exact) mass is 266 g/mol. The zero-order valence-corrected chi connectivity index (χ0v) is 11.2. The lowest BCUT2D eigenvalue weighted by molar-refractivity contribution is -0.131. The van der Waals surface area contributed by atoms with Gasteiger partial charge in [0.25, 0.3) is 0 Å². The molecule has 0 unspecified atom stereocenters. The number of aliphatic carboxylic acids is 1. The fourth-order valence-corrected chi connectivity index (χ4v) is 1.53. The summed E-state index contributed by atoms with van der Waals surface area (Å²) in [5, 5.41) is 8.53. The Bertz CT molecular complexity index is 453. The summed E-state index contributed by atoms with van der Waals surface area (Å²) in [7, 11) is 0. The average Bonchev–Trinajstić information content (AvgIpc) is 2.31. The molecule has 19 heavy (non-hydrogen) atoms. The molecule has 0 amide bonds. The zero-order chi connectivity index (χ0) is 14.3. The average molecular weight is 266 g/mol. The highest BCUT2D eigenvalue weighted by atomic mass is 19.1. The lowest BCUT2D eigenvalue weighted by Gasteiger charge is -2.07. The maximum atomic E-state index is 13.4. The molecule has 0 saturated carbocycles. The Morgan fingerprint density at radius 1 is 1.42 bits per heavy atom. The van der Waals surface area contributed by atoms with E-state index in [-0.39, 0.29) is 0 Å². The number of hydrogen-bond acceptors (Lipinski definition) is 2. The number of ether oxygens (including phenoxy) is 1. The lowest BCUT2D eigenvalue weighted by Crippen LogP contribution is -2.00. The van der Waals surface area contributed by atoms with Crippen LogP contribution in [0.4, 0.5) is 4.39 Å². The van der Waals surface area contributed by atoms with E-state index in [4.69, 9.17) is 9.84 Å². The summed E-state index contributed by atoms with van der Waals surface area (Å²) < 4.78 is 18.8. The van der Waals surface area contributed by atoms with Gasteiger partial charge in [0.1, 0.15) is 5.82 Å². The Kier molecular flexibility index (Phi) is 6.22. The zero-order valence-electron chi connectivity index (χ0n) is 11.2. The number of carboxylic acid groups (broad SMARTS) is 1. The van der Waals surface area contributed by atoms with E-state index in [0.717, 1.165) is 12.5 Å². The molecule has 0 spiro atoms. The first-order chi connectivity index (χ1) is 8.97. The fraction of sp³-hybridized carbons (Fsp3) is 0.400. The number of hydrogen-bond donors (Lipinski definition) is 1. The van der Waals surface area contributed by atoms with E-state index in [1.165, 1.54) is 18.2 Å². The SMILES string of the molecule is CC(C)CCOCc1cc(F)cc(C=CC(=O)O)c1. The normalized spacial score (nSPS) is 11.4. The van der Waals surface area contributed by atoms with Crippen LogP contribution in [0.3, 0.4) is 0 Å². The second-order valence-corrected chi connectivity index (χ2v) is 4.80. The first-order valence-electron chi connectivity index (χ1n) is 6.25. The first-order valence-corrected chi connectivity index (χ1v) is 6.25. The van der Waals surface area contributed by atoms with E-state index in [2.05, 4.69) is 13.8 Å². The molecule has 1 aromatic carbocycles. The van der Waals surface area contributed by atoms with Gasteiger partial charge in [-0.05, 0) is 47.7 Å². The van der Waals surface area contributed by atoms with Crippen molar-refractivity contribution in [3.8, 4) is 0 Å². The van der Waals surface area contributed by atoms with Gasteiger partial charge in [0.05, 0.1) is 6.61 Å². The Morgan fingerprint density at radius 3 is 2.79 bits per heavy atom. The third-order valence-electron chi connectivity index (χ3n) is 2.51. The van der Waals surface area contributed by atoms with Crippen molar-refractivity contribution in [2.75, 3.05) is 6.61 Å². The summed E-state index contributed by atoms with van der Waals surface area (Å²) in [4.78, 5) is 10.4. The highest BCUT2D eigenvalue weighted by Gasteiger charge is 2.01. The van der Waals surface area contributed by atoms with Crippen LogP contribution in [-0.2, 0) is 16.1 Å². The maximum absolute atomic E-state index is 13.4. The van der Waals surface area contributed by atoms with E-state index >= 15 is 0 Å². The van der Waals surface area contributed by atoms with E-state index in [1.54, 1.807) is 6.07 Å². The molecule has 0 aromatic heterocycles. The predicted octanol–water partition coefficient (Wildman–Crippen LogP) is 3.49. The topological polar surface area (TPSA) is 46.5 Å². The van der Waals surface area contributed by atoms with Crippen LogP contribution in [0.25, 0.3) is 6.08 Å². The van der Waals surface area contributed by atoms with Gasteiger partial charge in [0.15, 0.2) is 0 Å². The highest BCUT2D eigenvalue weighted by Crippen LogP contribution is 2.12. The predicted molar refractivity (Wildman–Crippen MR) is 72.2 cm³/mol. The van der Waals surface area contributed by atoms with Crippen molar-refractivity contribution in [3.63, 3.8) is 0 Å². The third-order valence-corrected chi connectivity index (χ3v) is 2.51. The van der Waals surface area contributed by atoms with Crippen molar-refractivity contribution in [1.82, 2.24) is 0 Å². The van der Waals surface area contributed by atoms with Crippen molar-refractivity contribution in [2.45, 2.75) is 26.9 Å². The van der Waals surface area contributed by atoms with Gasteiger partial charge in [0, 0.05) is 12.7 Å². The molecule has 0 heterocycles. The molecule has 0 saturated heterocycles. The number of carbonyl (C=O) groups is 1. The van der Waals surface area contributed by atoms with E-state index in [1.807, 2.05) is 0 Å². The fourth-order valence-electron chi connectivity index (χ4n) is 1.53. The molecule has 1 N–H and O–H groups in total. The standard InChI is InChI=1S/C15H19FO3/c1-11(2)5-6-19-10-13-7-12(3-4-15(17)18)8-14(16)9-13/h3-4,7-9,11H,5-6,10H2,1-2H3,(H,17,18). The molecular weight excluding hydrogens is 247 g/mol. The Balaban J connectivity index is 2.61. The van der Waals surface area contributed by atoms with Gasteiger partial charge < -0.3 is 9.84 Å². The van der Waals surface area contributed by atoms with Crippen molar-refractivity contribution in [2.24, 2.45) is 5.92 Å². The molecule has 1 aromatic rings. The van der Waals surface area contributed by atoms with Crippen LogP contribution < -0.4 is 0 Å². The summed E-state index contributed by atoms with van der Waals surface area (Å²) in [5.74, 6) is -0.879. The molecule has 0 atom stereocenters. The molecule has 0 aliphatic rings. The van der Waals surface area contributed by atoms with Crippen LogP contribution in [0.5, 0.6) is 0 Å². The second-order valence-electron chi connectivity index (χ2n) is 4.80. The summed E-state index contributed by atoms with van der Waals surface area (Å²) in [6, 6.07) is 4.41. The van der Waals surface area contributed by atoms with Crippen molar-refractivity contribution < 1.29 is 19.0 Å². The van der Waals surface area contributed by atoms with Crippen LogP contribution in [0.1, 0.15) is 31.4 Å².